The largest absolute Gasteiger partial charge is 0.492 e. The van der Waals surface area contributed by atoms with Gasteiger partial charge < -0.3 is 19.4 Å². The molecule has 2 aromatic carbocycles. The molecule has 2 aliphatic rings. The summed E-state index contributed by atoms with van der Waals surface area (Å²) in [6, 6.07) is 19.4. The number of carbonyl (C=O) groups is 2. The van der Waals surface area contributed by atoms with Gasteiger partial charge in [-0.25, -0.2) is 15.0 Å². The van der Waals surface area contributed by atoms with Gasteiger partial charge in [0.05, 0.1) is 17.9 Å². The molecule has 0 aliphatic carbocycles. The molecule has 2 aromatic heterocycles. The van der Waals surface area contributed by atoms with E-state index in [2.05, 4.69) is 24.8 Å². The van der Waals surface area contributed by atoms with Crippen molar-refractivity contribution in [3.8, 4) is 5.75 Å². The van der Waals surface area contributed by atoms with Crippen molar-refractivity contribution in [2.75, 3.05) is 44.2 Å². The highest BCUT2D eigenvalue weighted by molar-refractivity contribution is 5.97. The van der Waals surface area contributed by atoms with Gasteiger partial charge in [-0.3, -0.25) is 14.6 Å². The molecule has 2 amide bonds. The first-order valence-corrected chi connectivity index (χ1v) is 15.7. The number of piperidine rings is 1. The number of aryl methyl sites for hydroxylation is 1. The molecule has 10 heteroatoms. The number of likely N-dealkylation sites (tertiary alicyclic amines) is 1. The van der Waals surface area contributed by atoms with E-state index in [-0.39, 0.29) is 17.2 Å². The Labute approximate surface area is 264 Å². The standard InChI is InChI=1S/C35H39N7O3/c1-27-31(37-19-18-36-27)33(44)40-21-14-35(15-22-40)13-7-20-41(34-38-16-8-17-39-34)23-24-42(25-28-9-3-2-4-10-28)32(43)29-11-5-6-12-30(29)45-26-35/h2-6,8-12,16-19H,7,13-15,20-26H2,1H3. The second-order valence-electron chi connectivity index (χ2n) is 11.9. The number of hydrogen-bond donors (Lipinski definition) is 0. The fourth-order valence-corrected chi connectivity index (χ4v) is 6.30. The van der Waals surface area contributed by atoms with Crippen LogP contribution in [0.25, 0.3) is 0 Å². The van der Waals surface area contributed by atoms with Crippen LogP contribution in [-0.2, 0) is 6.54 Å². The van der Waals surface area contributed by atoms with Gasteiger partial charge in [-0.15, -0.1) is 0 Å². The minimum absolute atomic E-state index is 0.0727. The minimum atomic E-state index is -0.161. The second-order valence-corrected chi connectivity index (χ2v) is 11.9. The van der Waals surface area contributed by atoms with Crippen molar-refractivity contribution in [1.29, 1.82) is 0 Å². The zero-order chi connectivity index (χ0) is 31.1. The fraction of sp³-hybridized carbons (Fsp3) is 0.371. The van der Waals surface area contributed by atoms with Gasteiger partial charge >= 0.3 is 0 Å². The number of rotatable bonds is 4. The molecule has 0 bridgehead atoms. The van der Waals surface area contributed by atoms with Crippen LogP contribution in [0.15, 0.2) is 85.5 Å². The molecule has 4 aromatic rings. The molecule has 2 aliphatic heterocycles. The molecule has 1 spiro atoms. The Bertz CT molecular complexity index is 1590. The summed E-state index contributed by atoms with van der Waals surface area (Å²) in [4.78, 5) is 51.1. The number of para-hydroxylation sites is 1. The molecule has 1 saturated heterocycles. The highest BCUT2D eigenvalue weighted by Crippen LogP contribution is 2.38. The summed E-state index contributed by atoms with van der Waals surface area (Å²) in [5, 5.41) is 0. The normalized spacial score (nSPS) is 17.4. The molecule has 0 atom stereocenters. The Balaban J connectivity index is 1.27. The molecule has 4 heterocycles. The van der Waals surface area contributed by atoms with Crippen molar-refractivity contribution in [1.82, 2.24) is 29.7 Å². The second kappa shape index (κ2) is 13.8. The number of anilines is 1. The Kier molecular flexibility index (Phi) is 9.28. The van der Waals surface area contributed by atoms with Gasteiger partial charge in [-0.05, 0) is 56.4 Å². The molecule has 0 N–H and O–H groups in total. The molecule has 0 saturated carbocycles. The smallest absolute Gasteiger partial charge is 0.274 e. The van der Waals surface area contributed by atoms with E-state index in [0.717, 1.165) is 37.8 Å². The number of carbonyl (C=O) groups excluding carboxylic acids is 2. The van der Waals surface area contributed by atoms with Gasteiger partial charge in [-0.1, -0.05) is 42.5 Å². The van der Waals surface area contributed by atoms with Crippen LogP contribution in [0.2, 0.25) is 0 Å². The van der Waals surface area contributed by atoms with E-state index >= 15 is 0 Å². The SMILES string of the molecule is Cc1nccnc1C(=O)N1CCC2(CCCN(c3ncccn3)CCN(Cc3ccccc3)C(=O)c3ccccc3OC2)CC1. The Morgan fingerprint density at radius 3 is 2.31 bits per heavy atom. The van der Waals surface area contributed by atoms with Gasteiger partial charge in [0, 0.05) is 69.5 Å². The van der Waals surface area contributed by atoms with Crippen molar-refractivity contribution < 1.29 is 14.3 Å². The van der Waals surface area contributed by atoms with E-state index in [0.29, 0.717) is 68.0 Å². The van der Waals surface area contributed by atoms with Gasteiger partial charge in [0.15, 0.2) is 0 Å². The number of fused-ring (bicyclic) bond motifs is 1. The predicted molar refractivity (Wildman–Crippen MR) is 171 cm³/mol. The summed E-state index contributed by atoms with van der Waals surface area (Å²) in [6.07, 6.45) is 10.1. The molecule has 10 nitrogen and oxygen atoms in total. The molecule has 1 fully saturated rings. The maximum absolute atomic E-state index is 14.2. The average molecular weight is 606 g/mol. The molecule has 0 unspecified atom stereocenters. The quantitative estimate of drug-likeness (QED) is 0.326. The van der Waals surface area contributed by atoms with E-state index in [9.17, 15) is 9.59 Å². The van der Waals surface area contributed by atoms with Crippen molar-refractivity contribution in [3.05, 3.63) is 108 Å². The molecule has 6 rings (SSSR count). The molecule has 45 heavy (non-hydrogen) atoms. The summed E-state index contributed by atoms with van der Waals surface area (Å²) >= 11 is 0. The molecule has 232 valence electrons. The van der Waals surface area contributed by atoms with Crippen LogP contribution in [0, 0.1) is 12.3 Å². The van der Waals surface area contributed by atoms with Crippen LogP contribution in [-0.4, -0.2) is 80.9 Å². The van der Waals surface area contributed by atoms with Crippen LogP contribution in [0.4, 0.5) is 5.95 Å². The minimum Gasteiger partial charge on any atom is -0.492 e. The van der Waals surface area contributed by atoms with Crippen LogP contribution < -0.4 is 9.64 Å². The van der Waals surface area contributed by atoms with Crippen molar-refractivity contribution >= 4 is 17.8 Å². The van der Waals surface area contributed by atoms with E-state index in [1.807, 2.05) is 77.4 Å². The number of benzene rings is 2. The van der Waals surface area contributed by atoms with Crippen LogP contribution in [0.5, 0.6) is 5.75 Å². The van der Waals surface area contributed by atoms with Crippen LogP contribution >= 0.6 is 0 Å². The monoisotopic (exact) mass is 605 g/mol. The highest BCUT2D eigenvalue weighted by atomic mass is 16.5. The topological polar surface area (TPSA) is 105 Å². The first-order valence-electron chi connectivity index (χ1n) is 15.7. The van der Waals surface area contributed by atoms with E-state index in [4.69, 9.17) is 4.74 Å². The molecular formula is C35H39N7O3. The van der Waals surface area contributed by atoms with Crippen molar-refractivity contribution in [2.24, 2.45) is 5.41 Å². The number of amides is 2. The summed E-state index contributed by atoms with van der Waals surface area (Å²) in [7, 11) is 0. The third kappa shape index (κ3) is 7.11. The van der Waals surface area contributed by atoms with Gasteiger partial charge in [0.1, 0.15) is 11.4 Å². The Hall–Kier alpha value is -4.86. The van der Waals surface area contributed by atoms with Gasteiger partial charge in [-0.2, -0.15) is 0 Å². The summed E-state index contributed by atoms with van der Waals surface area (Å²) in [5.74, 6) is 1.10. The first kappa shape index (κ1) is 30.2. The van der Waals surface area contributed by atoms with Crippen LogP contribution in [0.3, 0.4) is 0 Å². The highest BCUT2D eigenvalue weighted by Gasteiger charge is 2.38. The lowest BCUT2D eigenvalue weighted by atomic mass is 9.75. The zero-order valence-corrected chi connectivity index (χ0v) is 25.7. The maximum atomic E-state index is 14.2. The summed E-state index contributed by atoms with van der Waals surface area (Å²) in [5.41, 5.74) is 2.50. The van der Waals surface area contributed by atoms with E-state index < -0.39 is 0 Å². The van der Waals surface area contributed by atoms with E-state index in [1.54, 1.807) is 24.8 Å². The number of hydrogen-bond acceptors (Lipinski definition) is 8. The lowest BCUT2D eigenvalue weighted by molar-refractivity contribution is 0.0359. The predicted octanol–water partition coefficient (Wildman–Crippen LogP) is 4.82. The van der Waals surface area contributed by atoms with Crippen molar-refractivity contribution in [3.63, 3.8) is 0 Å². The third-order valence-electron chi connectivity index (χ3n) is 8.96. The van der Waals surface area contributed by atoms with Gasteiger partial charge in [0.2, 0.25) is 5.95 Å². The number of nitrogens with zero attached hydrogens (tertiary/aromatic N) is 7. The maximum Gasteiger partial charge on any atom is 0.274 e. The lowest BCUT2D eigenvalue weighted by Gasteiger charge is -2.42. The van der Waals surface area contributed by atoms with Crippen LogP contribution in [0.1, 0.15) is 57.8 Å². The Morgan fingerprint density at radius 2 is 1.53 bits per heavy atom. The van der Waals surface area contributed by atoms with E-state index in [1.165, 1.54) is 0 Å². The average Bonchev–Trinajstić information content (AvgIpc) is 3.09. The van der Waals surface area contributed by atoms with Crippen molar-refractivity contribution in [2.45, 2.75) is 39.2 Å². The third-order valence-corrected chi connectivity index (χ3v) is 8.96. The molecule has 0 radical (unpaired) electrons. The molecular weight excluding hydrogens is 566 g/mol. The first-order chi connectivity index (χ1) is 22.0. The number of aromatic nitrogens is 4. The lowest BCUT2D eigenvalue weighted by Crippen LogP contribution is -2.46. The fourth-order valence-electron chi connectivity index (χ4n) is 6.30. The Morgan fingerprint density at radius 1 is 0.800 bits per heavy atom. The van der Waals surface area contributed by atoms with Gasteiger partial charge in [0.25, 0.3) is 11.8 Å². The summed E-state index contributed by atoms with van der Waals surface area (Å²) < 4.78 is 6.56. The number of ether oxygens (including phenoxy) is 1. The summed E-state index contributed by atoms with van der Waals surface area (Å²) in [6.45, 7) is 5.82. The zero-order valence-electron chi connectivity index (χ0n) is 25.7.